The molecular weight excluding hydrogens is 316 g/mol. The van der Waals surface area contributed by atoms with Crippen molar-refractivity contribution in [2.45, 2.75) is 18.4 Å². The molecule has 1 aliphatic heterocycles. The lowest BCUT2D eigenvalue weighted by molar-refractivity contribution is -0.139. The monoisotopic (exact) mass is 325 g/mol. The van der Waals surface area contributed by atoms with Crippen molar-refractivity contribution in [2.75, 3.05) is 11.9 Å². The largest absolute Gasteiger partial charge is 0.339 e. The second-order valence-corrected chi connectivity index (χ2v) is 4.88. The van der Waals surface area contributed by atoms with Crippen LogP contribution in [-0.2, 0) is 9.59 Å². The predicted molar refractivity (Wildman–Crippen MR) is 66.3 cm³/mol. The van der Waals surface area contributed by atoms with E-state index in [2.05, 4.69) is 0 Å². The van der Waals surface area contributed by atoms with Crippen LogP contribution in [0.25, 0.3) is 0 Å². The predicted octanol–water partition coefficient (Wildman–Crippen LogP) is 2.10. The average Bonchev–Trinajstić information content (AvgIpc) is 2.65. The van der Waals surface area contributed by atoms with Gasteiger partial charge >= 0.3 is 5.92 Å². The maximum atomic E-state index is 13.7. The van der Waals surface area contributed by atoms with E-state index < -0.39 is 52.5 Å². The number of amides is 2. The zero-order valence-electron chi connectivity index (χ0n) is 11.5. The van der Waals surface area contributed by atoms with E-state index in [9.17, 15) is 27.2 Å². The molecule has 1 aromatic carbocycles. The quantitative estimate of drug-likeness (QED) is 0.669. The summed E-state index contributed by atoms with van der Waals surface area (Å²) in [5.41, 5.74) is -0.451. The van der Waals surface area contributed by atoms with Crippen LogP contribution in [0.3, 0.4) is 0 Å². The number of likely N-dealkylation sites (N-methyl/N-ethyl adjacent to an activating group) is 1. The molecule has 21 heavy (non-hydrogen) atoms. The summed E-state index contributed by atoms with van der Waals surface area (Å²) in [4.78, 5) is 23.9. The van der Waals surface area contributed by atoms with Crippen LogP contribution < -0.4 is 10.2 Å². The Hall–Kier alpha value is -1.83. The Morgan fingerprint density at radius 1 is 1.48 bits per heavy atom. The molecule has 1 fully saturated rings. The van der Waals surface area contributed by atoms with Crippen LogP contribution in [0.15, 0.2) is 12.1 Å². The first-order valence-electron chi connectivity index (χ1n) is 6.13. The average molecular weight is 326 g/mol. The molecule has 1 aliphatic rings. The van der Waals surface area contributed by atoms with Crippen molar-refractivity contribution in [3.63, 3.8) is 0 Å². The number of hydrogen-bond donors (Lipinski definition) is 1. The highest BCUT2D eigenvalue weighted by atomic mass is 35.5. The fourth-order valence-corrected chi connectivity index (χ4v) is 2.02. The Bertz CT molecular complexity index is 658. The molecule has 1 N–H and O–H groups in total. The zero-order valence-corrected chi connectivity index (χ0v) is 11.3. The summed E-state index contributed by atoms with van der Waals surface area (Å²) in [6, 6.07) is -0.516. The van der Waals surface area contributed by atoms with Gasteiger partial charge in [-0.1, -0.05) is 11.6 Å². The first kappa shape index (κ1) is 14.1. The minimum absolute atomic E-state index is 0.137. The number of halogens is 5. The summed E-state index contributed by atoms with van der Waals surface area (Å²) < 4.78 is 60.5. The van der Waals surface area contributed by atoms with Crippen LogP contribution in [0.5, 0.6) is 0 Å². The Morgan fingerprint density at radius 3 is 2.62 bits per heavy atom. The van der Waals surface area contributed by atoms with Gasteiger partial charge in [-0.2, -0.15) is 8.78 Å². The van der Waals surface area contributed by atoms with E-state index in [0.29, 0.717) is 11.0 Å². The Morgan fingerprint density at radius 2 is 2.10 bits per heavy atom. The molecule has 4 nitrogen and oxygen atoms in total. The van der Waals surface area contributed by atoms with Gasteiger partial charge < -0.3 is 10.2 Å². The number of anilines is 1. The van der Waals surface area contributed by atoms with Crippen molar-refractivity contribution >= 4 is 29.1 Å². The fraction of sp³-hybridized carbons (Fsp3) is 0.333. The van der Waals surface area contributed by atoms with Gasteiger partial charge in [0.2, 0.25) is 5.91 Å². The first-order valence-corrected chi connectivity index (χ1v) is 6.06. The van der Waals surface area contributed by atoms with Gasteiger partial charge in [-0.25, -0.2) is 8.78 Å². The van der Waals surface area contributed by atoms with Crippen molar-refractivity contribution in [3.8, 4) is 0 Å². The highest BCUT2D eigenvalue weighted by Crippen LogP contribution is 2.30. The van der Waals surface area contributed by atoms with Gasteiger partial charge in [-0.05, 0) is 6.07 Å². The van der Waals surface area contributed by atoms with Gasteiger partial charge in [0, 0.05) is 13.1 Å². The van der Waals surface area contributed by atoms with Gasteiger partial charge in [0.05, 0.1) is 17.1 Å². The summed E-state index contributed by atoms with van der Waals surface area (Å²) in [5.74, 6) is -8.93. The molecule has 114 valence electrons. The summed E-state index contributed by atoms with van der Waals surface area (Å²) >= 11 is 5.49. The van der Waals surface area contributed by atoms with Crippen LogP contribution in [-0.4, -0.2) is 30.8 Å². The van der Waals surface area contributed by atoms with Crippen molar-refractivity contribution in [3.05, 3.63) is 28.8 Å². The molecule has 0 spiro atoms. The molecule has 2 amide bonds. The van der Waals surface area contributed by atoms with Gasteiger partial charge in [0.1, 0.15) is 17.7 Å². The Kier molecular flexibility index (Phi) is 3.48. The van der Waals surface area contributed by atoms with E-state index in [1.54, 1.807) is 0 Å². The van der Waals surface area contributed by atoms with Gasteiger partial charge in [0.15, 0.2) is 1.41 Å². The number of rotatable bonds is 2. The van der Waals surface area contributed by atoms with E-state index in [1.807, 2.05) is 0 Å². The molecule has 0 aliphatic carbocycles. The van der Waals surface area contributed by atoms with Crippen LogP contribution in [0.2, 0.25) is 6.43 Å². The number of nitrogens with one attached hydrogen (secondary N) is 1. The number of carbonyl (C=O) groups excluding carboxylic acids is 2. The van der Waals surface area contributed by atoms with E-state index in [-0.39, 0.29) is 5.31 Å². The number of carbonyl (C=O) groups is 2. The first-order chi connectivity index (χ1) is 10.1. The molecule has 1 atom stereocenters. The minimum atomic E-state index is -3.83. The topological polar surface area (TPSA) is 49.4 Å². The molecular formula is C12H9ClF4N2O2. The molecule has 0 bridgehead atoms. The van der Waals surface area contributed by atoms with E-state index in [4.69, 9.17) is 13.0 Å². The maximum Gasteiger partial charge on any atom is 0.327 e. The lowest BCUT2D eigenvalue weighted by Crippen LogP contribution is -2.43. The molecule has 0 saturated carbocycles. The summed E-state index contributed by atoms with van der Waals surface area (Å²) in [5, 5.41) is -0.603. The minimum Gasteiger partial charge on any atom is -0.339 e. The molecule has 1 saturated heterocycles. The fourth-order valence-electron chi connectivity index (χ4n) is 1.87. The molecule has 0 radical (unpaired) electrons. The van der Waals surface area contributed by atoms with Crippen molar-refractivity contribution in [1.29, 1.82) is 0 Å². The second-order valence-electron chi connectivity index (χ2n) is 4.47. The molecule has 1 heterocycles. The maximum absolute atomic E-state index is 13.7. The second kappa shape index (κ2) is 5.18. The van der Waals surface area contributed by atoms with E-state index in [0.717, 1.165) is 13.1 Å². The third kappa shape index (κ3) is 2.80. The third-order valence-electron chi connectivity index (χ3n) is 3.00. The van der Waals surface area contributed by atoms with Crippen LogP contribution >= 0.6 is 11.6 Å². The SMILES string of the molecule is [2H]N1C(=O)C(F)(F)C[C@H]1C(=O)N(C)c1cc(Cl)c(F)cc1F. The van der Waals surface area contributed by atoms with Gasteiger partial charge in [-0.3, -0.25) is 9.59 Å². The highest BCUT2D eigenvalue weighted by Gasteiger charge is 2.51. The number of nitrogens with zero attached hydrogens (tertiary/aromatic N) is 1. The molecule has 0 unspecified atom stereocenters. The van der Waals surface area contributed by atoms with Crippen LogP contribution in [0.4, 0.5) is 23.2 Å². The van der Waals surface area contributed by atoms with Crippen molar-refractivity contribution in [1.82, 2.24) is 5.31 Å². The van der Waals surface area contributed by atoms with Crippen molar-refractivity contribution < 1.29 is 28.6 Å². The molecule has 1 aromatic rings. The normalized spacial score (nSPS) is 21.4. The molecule has 9 heteroatoms. The highest BCUT2D eigenvalue weighted by molar-refractivity contribution is 6.31. The summed E-state index contributed by atoms with van der Waals surface area (Å²) in [7, 11) is 1.05. The molecule has 0 aromatic heterocycles. The van der Waals surface area contributed by atoms with E-state index in [1.165, 1.54) is 0 Å². The molecule has 2 rings (SSSR count). The van der Waals surface area contributed by atoms with Gasteiger partial charge in [0.25, 0.3) is 5.91 Å². The Labute approximate surface area is 123 Å². The summed E-state index contributed by atoms with van der Waals surface area (Å²) in [6.07, 6.45) is -1.19. The third-order valence-corrected chi connectivity index (χ3v) is 3.29. The summed E-state index contributed by atoms with van der Waals surface area (Å²) in [6.45, 7) is 0. The van der Waals surface area contributed by atoms with Gasteiger partial charge in [-0.15, -0.1) is 0 Å². The van der Waals surface area contributed by atoms with Crippen molar-refractivity contribution in [2.24, 2.45) is 0 Å². The van der Waals surface area contributed by atoms with Crippen LogP contribution in [0, 0.1) is 11.6 Å². The van der Waals surface area contributed by atoms with E-state index >= 15 is 0 Å². The van der Waals surface area contributed by atoms with Crippen LogP contribution in [0.1, 0.15) is 6.42 Å². The zero-order chi connectivity index (χ0) is 16.8. The number of benzene rings is 1. The smallest absolute Gasteiger partial charge is 0.327 e. The lowest BCUT2D eigenvalue weighted by Gasteiger charge is -2.21. The lowest BCUT2D eigenvalue weighted by atomic mass is 10.1. The Balaban J connectivity index is 2.31. The number of hydrogen-bond acceptors (Lipinski definition) is 2. The standard InChI is InChI=1S/C12H9ClF4N2O2/c1-19(9-2-5(13)6(14)3-7(9)15)10(20)8-4-12(16,17)11(21)18-8/h2-3,8H,4H2,1H3,(H,18,21)/t8-/m0/s1/i/hD. The number of alkyl halides is 2.